The van der Waals surface area contributed by atoms with Crippen molar-refractivity contribution in [3.63, 3.8) is 0 Å². The zero-order valence-corrected chi connectivity index (χ0v) is 10.3. The lowest BCUT2D eigenvalue weighted by molar-refractivity contribution is -0.671. The summed E-state index contributed by atoms with van der Waals surface area (Å²) >= 11 is 0. The molecule has 1 heterocycles. The fourth-order valence-corrected chi connectivity index (χ4v) is 1.04. The van der Waals surface area contributed by atoms with Gasteiger partial charge in [-0.3, -0.25) is 0 Å². The first kappa shape index (κ1) is 15.9. The molecule has 0 amide bonds. The first-order valence-corrected chi connectivity index (χ1v) is 5.94. The van der Waals surface area contributed by atoms with Gasteiger partial charge in [0.15, 0.2) is 10.1 Å². The predicted octanol–water partition coefficient (Wildman–Crippen LogP) is 0.692. The standard InChI is InChI=1S/C7H13N2.CHF3O3S/c1-4-9-6-8(3)5-7(9)2;2-1(3,4)8(5,6)7/h5-6H,4H2,1-3H3;(H,5,6,7)/q+1;/p-1. The average Bonchev–Trinajstić information content (AvgIpc) is 2.42. The van der Waals surface area contributed by atoms with Gasteiger partial charge in [0.05, 0.1) is 13.6 Å². The summed E-state index contributed by atoms with van der Waals surface area (Å²) < 4.78 is 63.2. The van der Waals surface area contributed by atoms with Crippen molar-refractivity contribution in [1.29, 1.82) is 0 Å². The van der Waals surface area contributed by atoms with E-state index in [1.807, 2.05) is 7.05 Å². The third-order valence-corrected chi connectivity index (χ3v) is 2.36. The second-order valence-corrected chi connectivity index (χ2v) is 4.61. The lowest BCUT2D eigenvalue weighted by Crippen LogP contribution is -2.23. The number of halogens is 3. The van der Waals surface area contributed by atoms with Crippen LogP contribution >= 0.6 is 0 Å². The fraction of sp³-hybridized carbons (Fsp3) is 0.625. The Kier molecular flexibility index (Phi) is 5.14. The molecule has 100 valence electrons. The number of aromatic nitrogens is 2. The molecule has 0 radical (unpaired) electrons. The van der Waals surface area contributed by atoms with Gasteiger partial charge in [-0.05, 0) is 6.92 Å². The number of hydrogen-bond acceptors (Lipinski definition) is 3. The Bertz CT molecular complexity index is 465. The van der Waals surface area contributed by atoms with E-state index in [9.17, 15) is 13.2 Å². The minimum atomic E-state index is -6.09. The zero-order valence-electron chi connectivity index (χ0n) is 9.52. The second-order valence-electron chi connectivity index (χ2n) is 3.24. The van der Waals surface area contributed by atoms with Gasteiger partial charge in [0.1, 0.15) is 11.9 Å². The van der Waals surface area contributed by atoms with Crippen LogP contribution in [0, 0.1) is 6.92 Å². The maximum Gasteiger partial charge on any atom is 0.485 e. The molecule has 0 saturated carbocycles. The maximum atomic E-state index is 10.7. The molecule has 9 heteroatoms. The lowest BCUT2D eigenvalue weighted by atomic mass is 10.5. The smallest absolute Gasteiger partial charge is 0.485 e. The minimum absolute atomic E-state index is 1.06. The minimum Gasteiger partial charge on any atom is -0.741 e. The van der Waals surface area contributed by atoms with Gasteiger partial charge in [-0.15, -0.1) is 0 Å². The quantitative estimate of drug-likeness (QED) is 0.430. The van der Waals surface area contributed by atoms with Gasteiger partial charge >= 0.3 is 5.51 Å². The largest absolute Gasteiger partial charge is 0.741 e. The van der Waals surface area contributed by atoms with Crippen LogP contribution in [0.15, 0.2) is 12.5 Å². The molecule has 0 saturated heterocycles. The van der Waals surface area contributed by atoms with Crippen LogP contribution in [-0.2, 0) is 23.7 Å². The summed E-state index contributed by atoms with van der Waals surface area (Å²) in [6.45, 7) is 5.32. The van der Waals surface area contributed by atoms with Crippen molar-refractivity contribution >= 4 is 10.1 Å². The van der Waals surface area contributed by atoms with E-state index in [0.29, 0.717) is 0 Å². The molecule has 0 aromatic carbocycles. The molecule has 0 bridgehead atoms. The highest BCUT2D eigenvalue weighted by molar-refractivity contribution is 7.86. The van der Waals surface area contributed by atoms with Gasteiger partial charge in [0.25, 0.3) is 0 Å². The first-order valence-electron chi connectivity index (χ1n) is 4.53. The summed E-state index contributed by atoms with van der Waals surface area (Å²) in [7, 11) is -4.05. The molecule has 0 unspecified atom stereocenters. The molecule has 0 spiro atoms. The Morgan fingerprint density at radius 1 is 1.47 bits per heavy atom. The number of nitrogens with zero attached hydrogens (tertiary/aromatic N) is 2. The van der Waals surface area contributed by atoms with Crippen LogP contribution in [0.2, 0.25) is 0 Å². The summed E-state index contributed by atoms with van der Waals surface area (Å²) in [6, 6.07) is 0. The average molecular weight is 274 g/mol. The van der Waals surface area contributed by atoms with Crippen LogP contribution in [0.3, 0.4) is 0 Å². The molecule has 0 aliphatic heterocycles. The maximum absolute atomic E-state index is 10.7. The first-order chi connectivity index (χ1) is 7.49. The molecule has 0 atom stereocenters. The van der Waals surface area contributed by atoms with Crippen molar-refractivity contribution in [1.82, 2.24) is 4.57 Å². The SMILES string of the molecule is CCn1c[n+](C)cc1C.O=S(=O)([O-])C(F)(F)F. The molecule has 0 fully saturated rings. The van der Waals surface area contributed by atoms with Crippen LogP contribution in [0.25, 0.3) is 0 Å². The molecule has 1 aromatic heterocycles. The molecule has 0 aliphatic carbocycles. The van der Waals surface area contributed by atoms with Crippen molar-refractivity contribution in [2.75, 3.05) is 0 Å². The van der Waals surface area contributed by atoms with E-state index >= 15 is 0 Å². The third kappa shape index (κ3) is 5.18. The molecule has 0 aliphatic rings. The van der Waals surface area contributed by atoms with E-state index in [1.165, 1.54) is 5.69 Å². The number of rotatable bonds is 1. The molecular weight excluding hydrogens is 261 g/mol. The monoisotopic (exact) mass is 274 g/mol. The van der Waals surface area contributed by atoms with E-state index in [-0.39, 0.29) is 0 Å². The topological polar surface area (TPSA) is 66.0 Å². The van der Waals surface area contributed by atoms with E-state index < -0.39 is 15.6 Å². The van der Waals surface area contributed by atoms with Crippen LogP contribution < -0.4 is 4.57 Å². The van der Waals surface area contributed by atoms with Gasteiger partial charge in [0, 0.05) is 6.92 Å². The number of hydrogen-bond donors (Lipinski definition) is 0. The van der Waals surface area contributed by atoms with Gasteiger partial charge in [0.2, 0.25) is 6.33 Å². The van der Waals surface area contributed by atoms with E-state index in [4.69, 9.17) is 13.0 Å². The number of aryl methyl sites for hydroxylation is 3. The Labute approximate surface area is 97.2 Å². The van der Waals surface area contributed by atoms with Crippen molar-refractivity contribution < 1.29 is 30.7 Å². The Morgan fingerprint density at radius 3 is 2.00 bits per heavy atom. The summed E-state index contributed by atoms with van der Waals surface area (Å²) in [5.41, 5.74) is -4.33. The molecule has 0 N–H and O–H groups in total. The van der Waals surface area contributed by atoms with Gasteiger partial charge in [-0.25, -0.2) is 17.6 Å². The lowest BCUT2D eigenvalue weighted by Gasteiger charge is -2.08. The summed E-state index contributed by atoms with van der Waals surface area (Å²) in [4.78, 5) is 0. The predicted molar refractivity (Wildman–Crippen MR) is 51.8 cm³/mol. The highest BCUT2D eigenvalue weighted by Gasteiger charge is 2.36. The van der Waals surface area contributed by atoms with Gasteiger partial charge in [-0.1, -0.05) is 0 Å². The van der Waals surface area contributed by atoms with Crippen LogP contribution in [0.4, 0.5) is 13.2 Å². The Morgan fingerprint density at radius 2 is 1.88 bits per heavy atom. The zero-order chi connectivity index (χ0) is 13.9. The van der Waals surface area contributed by atoms with Crippen LogP contribution in [0.1, 0.15) is 12.6 Å². The van der Waals surface area contributed by atoms with Gasteiger partial charge in [-0.2, -0.15) is 13.2 Å². The van der Waals surface area contributed by atoms with E-state index in [1.54, 1.807) is 0 Å². The molecule has 1 rings (SSSR count). The highest BCUT2D eigenvalue weighted by Crippen LogP contribution is 2.20. The van der Waals surface area contributed by atoms with Gasteiger partial charge < -0.3 is 4.55 Å². The Hall–Kier alpha value is -1.09. The number of imidazole rings is 1. The molecule has 1 aromatic rings. The fourth-order valence-electron chi connectivity index (χ4n) is 1.04. The van der Waals surface area contributed by atoms with Crippen LogP contribution in [0.5, 0.6) is 0 Å². The summed E-state index contributed by atoms with van der Waals surface area (Å²) in [5, 5.41) is 0. The summed E-state index contributed by atoms with van der Waals surface area (Å²) in [5.74, 6) is 0. The van der Waals surface area contributed by atoms with Crippen molar-refractivity contribution in [2.45, 2.75) is 25.9 Å². The Balaban J connectivity index is 0.000000304. The van der Waals surface area contributed by atoms with Crippen LogP contribution in [-0.4, -0.2) is 23.0 Å². The highest BCUT2D eigenvalue weighted by atomic mass is 32.2. The summed E-state index contributed by atoms with van der Waals surface area (Å²) in [6.07, 6.45) is 4.21. The molecule has 17 heavy (non-hydrogen) atoms. The molecular formula is C8H13F3N2O3S. The van der Waals surface area contributed by atoms with Crippen molar-refractivity contribution in [3.05, 3.63) is 18.2 Å². The van der Waals surface area contributed by atoms with Crippen molar-refractivity contribution in [3.8, 4) is 0 Å². The van der Waals surface area contributed by atoms with E-state index in [0.717, 1.165) is 6.54 Å². The van der Waals surface area contributed by atoms with Crippen molar-refractivity contribution in [2.24, 2.45) is 7.05 Å². The normalized spacial score (nSPS) is 11.9. The second kappa shape index (κ2) is 5.50. The molecule has 5 nitrogen and oxygen atoms in total. The van der Waals surface area contributed by atoms with E-state index in [2.05, 4.69) is 35.5 Å². The number of alkyl halides is 3. The third-order valence-electron chi connectivity index (χ3n) is 1.79.